The monoisotopic (exact) mass is 405 g/mol. The quantitative estimate of drug-likeness (QED) is 0.684. The molecule has 1 aromatic carbocycles. The summed E-state index contributed by atoms with van der Waals surface area (Å²) in [5, 5.41) is 3.05. The van der Waals surface area contributed by atoms with E-state index in [4.69, 9.17) is 0 Å². The predicted octanol–water partition coefficient (Wildman–Crippen LogP) is 3.01. The van der Waals surface area contributed by atoms with Crippen LogP contribution in [0, 0.1) is 5.92 Å². The molecule has 7 nitrogen and oxygen atoms in total. The van der Waals surface area contributed by atoms with Gasteiger partial charge in [-0.3, -0.25) is 14.6 Å². The number of pyridine rings is 1. The van der Waals surface area contributed by atoms with Crippen LogP contribution in [-0.4, -0.2) is 43.3 Å². The molecule has 3 heterocycles. The second-order valence-corrected chi connectivity index (χ2v) is 8.48. The van der Waals surface area contributed by atoms with Crippen molar-refractivity contribution in [2.45, 2.75) is 45.8 Å². The van der Waals surface area contributed by atoms with Gasteiger partial charge in [-0.2, -0.15) is 0 Å². The van der Waals surface area contributed by atoms with E-state index in [1.54, 1.807) is 17.3 Å². The summed E-state index contributed by atoms with van der Waals surface area (Å²) < 4.78 is 1.87. The summed E-state index contributed by atoms with van der Waals surface area (Å²) in [4.78, 5) is 37.2. The molecule has 1 unspecified atom stereocenters. The molecule has 0 spiro atoms. The van der Waals surface area contributed by atoms with Crippen LogP contribution in [0.25, 0.3) is 11.0 Å². The Morgan fingerprint density at radius 1 is 1.23 bits per heavy atom. The lowest BCUT2D eigenvalue weighted by molar-refractivity contribution is -0.133. The molecule has 156 valence electrons. The van der Waals surface area contributed by atoms with Crippen LogP contribution in [0.2, 0.25) is 0 Å². The lowest BCUT2D eigenvalue weighted by Gasteiger charge is -2.43. The van der Waals surface area contributed by atoms with Crippen LogP contribution < -0.4 is 5.32 Å². The third-order valence-electron chi connectivity index (χ3n) is 5.71. The van der Waals surface area contributed by atoms with Crippen LogP contribution in [-0.2, 0) is 17.9 Å². The van der Waals surface area contributed by atoms with Crippen LogP contribution in [0.15, 0.2) is 48.8 Å². The predicted molar refractivity (Wildman–Crippen MR) is 115 cm³/mol. The Balaban J connectivity index is 1.74. The number of para-hydroxylation sites is 2. The van der Waals surface area contributed by atoms with Gasteiger partial charge < -0.3 is 14.8 Å². The Morgan fingerprint density at radius 2 is 2.03 bits per heavy atom. The average molecular weight is 406 g/mol. The zero-order valence-electron chi connectivity index (χ0n) is 17.6. The van der Waals surface area contributed by atoms with Gasteiger partial charge in [0.15, 0.2) is 5.82 Å². The average Bonchev–Trinajstić information content (AvgIpc) is 3.10. The molecule has 30 heavy (non-hydrogen) atoms. The van der Waals surface area contributed by atoms with Gasteiger partial charge in [0.2, 0.25) is 5.91 Å². The second kappa shape index (κ2) is 7.89. The number of carbonyl (C=O) groups is 2. The van der Waals surface area contributed by atoms with Gasteiger partial charge in [-0.05, 0) is 43.0 Å². The van der Waals surface area contributed by atoms with Gasteiger partial charge in [0.05, 0.1) is 17.6 Å². The lowest BCUT2D eigenvalue weighted by atomic mass is 9.94. The Kier molecular flexibility index (Phi) is 5.28. The van der Waals surface area contributed by atoms with Crippen molar-refractivity contribution >= 4 is 22.8 Å². The number of rotatable bonds is 6. The molecular weight excluding hydrogens is 378 g/mol. The van der Waals surface area contributed by atoms with Crippen molar-refractivity contribution in [2.24, 2.45) is 5.92 Å². The molecular formula is C23H27N5O2. The molecule has 1 aliphatic heterocycles. The van der Waals surface area contributed by atoms with Gasteiger partial charge in [0.1, 0.15) is 5.54 Å². The highest BCUT2D eigenvalue weighted by Crippen LogP contribution is 2.31. The van der Waals surface area contributed by atoms with Gasteiger partial charge in [-0.15, -0.1) is 0 Å². The number of hydrogen-bond donors (Lipinski definition) is 1. The molecule has 0 radical (unpaired) electrons. The number of imidazole rings is 1. The van der Waals surface area contributed by atoms with Crippen molar-refractivity contribution in [3.8, 4) is 0 Å². The number of aromatic nitrogens is 3. The largest absolute Gasteiger partial charge is 0.354 e. The molecule has 0 aliphatic carbocycles. The third-order valence-corrected chi connectivity index (χ3v) is 5.71. The number of benzene rings is 1. The van der Waals surface area contributed by atoms with Crippen molar-refractivity contribution in [2.75, 3.05) is 6.54 Å². The lowest BCUT2D eigenvalue weighted by Crippen LogP contribution is -2.63. The van der Waals surface area contributed by atoms with Crippen LogP contribution in [0.4, 0.5) is 0 Å². The summed E-state index contributed by atoms with van der Waals surface area (Å²) >= 11 is 0. The fraction of sp³-hybridized carbons (Fsp3) is 0.391. The number of hydrogen-bond acceptors (Lipinski definition) is 4. The Hall–Kier alpha value is -3.22. The summed E-state index contributed by atoms with van der Waals surface area (Å²) in [7, 11) is 0. The molecule has 7 heteroatoms. The fourth-order valence-electron chi connectivity index (χ4n) is 3.92. The molecule has 1 aliphatic rings. The molecule has 0 bridgehead atoms. The minimum Gasteiger partial charge on any atom is -0.354 e. The van der Waals surface area contributed by atoms with E-state index in [2.05, 4.69) is 29.1 Å². The summed E-state index contributed by atoms with van der Waals surface area (Å²) in [5.74, 6) is 0.459. The minimum absolute atomic E-state index is 0.149. The molecule has 0 fully saturated rings. The van der Waals surface area contributed by atoms with Gasteiger partial charge >= 0.3 is 0 Å². The van der Waals surface area contributed by atoms with E-state index in [0.29, 0.717) is 31.4 Å². The first-order valence-corrected chi connectivity index (χ1v) is 10.3. The van der Waals surface area contributed by atoms with Gasteiger partial charge in [-0.1, -0.05) is 32.0 Å². The Bertz CT molecular complexity index is 1080. The minimum atomic E-state index is -1.04. The first-order valence-electron chi connectivity index (χ1n) is 10.3. The van der Waals surface area contributed by atoms with Crippen LogP contribution in [0.3, 0.4) is 0 Å². The molecule has 0 saturated carbocycles. The maximum atomic E-state index is 13.5. The zero-order valence-corrected chi connectivity index (χ0v) is 17.6. The maximum absolute atomic E-state index is 13.5. The van der Waals surface area contributed by atoms with Crippen molar-refractivity contribution in [1.29, 1.82) is 0 Å². The molecule has 3 aromatic rings. The molecule has 1 atom stereocenters. The number of fused-ring (bicyclic) bond motifs is 3. The van der Waals surface area contributed by atoms with Gasteiger partial charge in [-0.25, -0.2) is 4.98 Å². The normalized spacial score (nSPS) is 18.7. The molecule has 2 aromatic heterocycles. The topological polar surface area (TPSA) is 80.1 Å². The molecule has 2 amide bonds. The fourth-order valence-corrected chi connectivity index (χ4v) is 3.92. The maximum Gasteiger partial charge on any atom is 0.291 e. The van der Waals surface area contributed by atoms with Crippen molar-refractivity contribution in [1.82, 2.24) is 24.8 Å². The van der Waals surface area contributed by atoms with E-state index >= 15 is 0 Å². The highest BCUT2D eigenvalue weighted by atomic mass is 16.2. The zero-order chi connectivity index (χ0) is 21.3. The number of nitrogens with zero attached hydrogens (tertiary/aromatic N) is 4. The number of amides is 2. The summed E-state index contributed by atoms with van der Waals surface area (Å²) in [6, 6.07) is 11.4. The molecule has 1 N–H and O–H groups in total. The smallest absolute Gasteiger partial charge is 0.291 e. The third kappa shape index (κ3) is 3.56. The second-order valence-electron chi connectivity index (χ2n) is 8.48. The summed E-state index contributed by atoms with van der Waals surface area (Å²) in [6.45, 7) is 7.31. The van der Waals surface area contributed by atoms with Crippen LogP contribution >= 0.6 is 0 Å². The van der Waals surface area contributed by atoms with Crippen LogP contribution in [0.1, 0.15) is 43.4 Å². The van der Waals surface area contributed by atoms with Gasteiger partial charge in [0, 0.05) is 25.5 Å². The van der Waals surface area contributed by atoms with E-state index in [-0.39, 0.29) is 11.8 Å². The first-order chi connectivity index (χ1) is 14.4. The van der Waals surface area contributed by atoms with Crippen molar-refractivity contribution < 1.29 is 9.59 Å². The van der Waals surface area contributed by atoms with Crippen molar-refractivity contribution in [3.05, 3.63) is 60.2 Å². The van der Waals surface area contributed by atoms with E-state index in [9.17, 15) is 9.59 Å². The molecule has 4 rings (SSSR count). The van der Waals surface area contributed by atoms with Crippen LogP contribution in [0.5, 0.6) is 0 Å². The highest BCUT2D eigenvalue weighted by molar-refractivity contribution is 6.01. The Labute approximate surface area is 176 Å². The van der Waals surface area contributed by atoms with Crippen molar-refractivity contribution in [3.63, 3.8) is 0 Å². The Morgan fingerprint density at radius 3 is 2.77 bits per heavy atom. The van der Waals surface area contributed by atoms with Gasteiger partial charge in [0.25, 0.3) is 5.91 Å². The number of nitrogens with one attached hydrogen (secondary N) is 1. The summed E-state index contributed by atoms with van der Waals surface area (Å²) in [6.07, 6.45) is 4.30. The van der Waals surface area contributed by atoms with E-state index < -0.39 is 5.54 Å². The number of carbonyl (C=O) groups excluding carboxylic acids is 2. The summed E-state index contributed by atoms with van der Waals surface area (Å²) in [5.41, 5.74) is 1.45. The van der Waals surface area contributed by atoms with E-state index in [0.717, 1.165) is 23.0 Å². The first kappa shape index (κ1) is 20.1. The SMILES string of the molecule is CC(C)CCNC(=O)C1(C)Cn2c(nc3ccccc32)C(=O)N1Cc1cccnc1. The van der Waals surface area contributed by atoms with E-state index in [1.807, 2.05) is 47.9 Å². The van der Waals surface area contributed by atoms with E-state index in [1.165, 1.54) is 0 Å². The highest BCUT2D eigenvalue weighted by Gasteiger charge is 2.48. The standard InChI is InChI=1S/C23H27N5O2/c1-16(2)10-12-25-22(30)23(3)15-27-19-9-5-4-8-18(19)26-20(27)21(29)28(23)14-17-7-6-11-24-13-17/h4-9,11,13,16H,10,12,14-15H2,1-3H3,(H,25,30). The molecule has 0 saturated heterocycles.